The monoisotopic (exact) mass is 263 g/mol. The first-order chi connectivity index (χ1) is 8.90. The van der Waals surface area contributed by atoms with Gasteiger partial charge in [0.25, 0.3) is 0 Å². The van der Waals surface area contributed by atoms with Crippen LogP contribution < -0.4 is 0 Å². The van der Waals surface area contributed by atoms with E-state index in [1.807, 2.05) is 4.90 Å². The van der Waals surface area contributed by atoms with Crippen molar-refractivity contribution in [3.63, 3.8) is 0 Å². The molecule has 2 heteroatoms. The third-order valence-corrected chi connectivity index (χ3v) is 5.08. The molecule has 1 amide bonds. The van der Waals surface area contributed by atoms with Gasteiger partial charge in [0.15, 0.2) is 0 Å². The van der Waals surface area contributed by atoms with Crippen molar-refractivity contribution in [2.24, 2.45) is 23.7 Å². The Morgan fingerprint density at radius 3 is 2.63 bits per heavy atom. The van der Waals surface area contributed by atoms with Gasteiger partial charge in [-0.15, -0.1) is 0 Å². The van der Waals surface area contributed by atoms with Gasteiger partial charge in [-0.1, -0.05) is 18.6 Å². The summed E-state index contributed by atoms with van der Waals surface area (Å²) in [5.41, 5.74) is 1.56. The molecule has 2 aliphatic carbocycles. The first-order valence-corrected chi connectivity index (χ1v) is 7.84. The molecule has 19 heavy (non-hydrogen) atoms. The predicted molar refractivity (Wildman–Crippen MR) is 79.8 cm³/mol. The number of carbonyl (C=O) groups excluding carboxylic acids is 1. The van der Waals surface area contributed by atoms with Crippen LogP contribution in [0.4, 0.5) is 0 Å². The van der Waals surface area contributed by atoms with Gasteiger partial charge in [-0.3, -0.25) is 4.79 Å². The van der Waals surface area contributed by atoms with Crippen LogP contribution in [-0.2, 0) is 4.79 Å². The third kappa shape index (κ3) is 3.40. The van der Waals surface area contributed by atoms with Crippen molar-refractivity contribution in [1.82, 2.24) is 4.90 Å². The molecule has 4 unspecified atom stereocenters. The summed E-state index contributed by atoms with van der Waals surface area (Å²) >= 11 is 0. The van der Waals surface area contributed by atoms with Gasteiger partial charge in [0, 0.05) is 19.5 Å². The maximum absolute atomic E-state index is 11.7. The first-order valence-electron chi connectivity index (χ1n) is 7.84. The zero-order valence-corrected chi connectivity index (χ0v) is 13.1. The van der Waals surface area contributed by atoms with Crippen LogP contribution in [0.3, 0.4) is 0 Å². The van der Waals surface area contributed by atoms with Gasteiger partial charge in [-0.2, -0.15) is 0 Å². The normalized spacial score (nSPS) is 34.1. The van der Waals surface area contributed by atoms with Gasteiger partial charge in [-0.25, -0.2) is 0 Å². The highest BCUT2D eigenvalue weighted by atomic mass is 16.2. The van der Waals surface area contributed by atoms with E-state index in [2.05, 4.69) is 33.8 Å². The molecule has 4 atom stereocenters. The second-order valence-corrected chi connectivity index (χ2v) is 7.00. The molecule has 0 aliphatic heterocycles. The van der Waals surface area contributed by atoms with Crippen LogP contribution in [0, 0.1) is 23.7 Å². The number of hydrogen-bond acceptors (Lipinski definition) is 1. The maximum atomic E-state index is 11.7. The number of rotatable bonds is 4. The van der Waals surface area contributed by atoms with Gasteiger partial charge < -0.3 is 4.90 Å². The molecule has 0 radical (unpaired) electrons. The van der Waals surface area contributed by atoms with Crippen molar-refractivity contribution in [1.29, 1.82) is 0 Å². The molecule has 108 valence electrons. The van der Waals surface area contributed by atoms with Gasteiger partial charge in [0.1, 0.15) is 0 Å². The molecule has 2 nitrogen and oxygen atoms in total. The Labute approximate surface area is 118 Å². The molecule has 2 aliphatic rings. The predicted octanol–water partition coefficient (Wildman–Crippen LogP) is 3.87. The largest absolute Gasteiger partial charge is 0.340 e. The van der Waals surface area contributed by atoms with Crippen LogP contribution in [-0.4, -0.2) is 23.4 Å². The lowest BCUT2D eigenvalue weighted by Gasteiger charge is -2.29. The zero-order valence-electron chi connectivity index (χ0n) is 13.1. The standard InChI is InChI=1S/C17H29NO/c1-11(2)18(14(5)19)10-15-9-17(15)16-7-6-12(3)8-13(16)4/h8,11,13,15-17H,6-7,9-10H2,1-5H3. The highest BCUT2D eigenvalue weighted by Crippen LogP contribution is 2.51. The first kappa shape index (κ1) is 14.6. The number of nitrogens with zero attached hydrogens (tertiary/aromatic N) is 1. The van der Waals surface area contributed by atoms with E-state index in [1.165, 1.54) is 19.3 Å². The number of carbonyl (C=O) groups is 1. The van der Waals surface area contributed by atoms with Gasteiger partial charge in [0.05, 0.1) is 0 Å². The molecular formula is C17H29NO. The quantitative estimate of drug-likeness (QED) is 0.705. The third-order valence-electron chi connectivity index (χ3n) is 5.08. The highest BCUT2D eigenvalue weighted by Gasteiger charge is 2.45. The molecule has 0 aromatic carbocycles. The average molecular weight is 263 g/mol. The lowest BCUT2D eigenvalue weighted by Crippen LogP contribution is -2.37. The second kappa shape index (κ2) is 5.68. The number of amides is 1. The van der Waals surface area contributed by atoms with E-state index in [1.54, 1.807) is 12.5 Å². The molecule has 0 spiro atoms. The van der Waals surface area contributed by atoms with E-state index in [0.717, 1.165) is 30.2 Å². The lowest BCUT2D eigenvalue weighted by molar-refractivity contribution is -0.130. The van der Waals surface area contributed by atoms with Crippen LogP contribution in [0.15, 0.2) is 11.6 Å². The van der Waals surface area contributed by atoms with Crippen LogP contribution in [0.25, 0.3) is 0 Å². The van der Waals surface area contributed by atoms with Crippen molar-refractivity contribution in [2.75, 3.05) is 6.54 Å². The molecule has 1 fully saturated rings. The molecule has 1 saturated carbocycles. The summed E-state index contributed by atoms with van der Waals surface area (Å²) in [4.78, 5) is 13.7. The molecule has 0 aromatic rings. The summed E-state index contributed by atoms with van der Waals surface area (Å²) in [5, 5.41) is 0. The molecule has 0 N–H and O–H groups in total. The zero-order chi connectivity index (χ0) is 14.2. The molecule has 0 aromatic heterocycles. The fourth-order valence-electron chi connectivity index (χ4n) is 3.88. The SMILES string of the molecule is CC(=O)N(CC1CC1C1CCC(C)=CC1C)C(C)C. The average Bonchev–Trinajstić information content (AvgIpc) is 3.04. The molecule has 2 rings (SSSR count). The summed E-state index contributed by atoms with van der Waals surface area (Å²) in [6.45, 7) is 11.5. The molecule has 0 saturated heterocycles. The Morgan fingerprint density at radius 2 is 2.11 bits per heavy atom. The van der Waals surface area contributed by atoms with Crippen LogP contribution in [0.1, 0.15) is 53.9 Å². The fraction of sp³-hybridized carbons (Fsp3) is 0.824. The Hall–Kier alpha value is -0.790. The summed E-state index contributed by atoms with van der Waals surface area (Å²) in [5.74, 6) is 3.43. The number of hydrogen-bond donors (Lipinski definition) is 0. The van der Waals surface area contributed by atoms with Crippen LogP contribution in [0.5, 0.6) is 0 Å². The Morgan fingerprint density at radius 1 is 1.42 bits per heavy atom. The van der Waals surface area contributed by atoms with Crippen LogP contribution >= 0.6 is 0 Å². The van der Waals surface area contributed by atoms with E-state index in [-0.39, 0.29) is 5.91 Å². The highest BCUT2D eigenvalue weighted by molar-refractivity contribution is 5.73. The van der Waals surface area contributed by atoms with E-state index >= 15 is 0 Å². The minimum absolute atomic E-state index is 0.230. The van der Waals surface area contributed by atoms with Crippen molar-refractivity contribution < 1.29 is 4.79 Å². The van der Waals surface area contributed by atoms with Crippen LogP contribution in [0.2, 0.25) is 0 Å². The Bertz CT molecular complexity index is 371. The fourth-order valence-corrected chi connectivity index (χ4v) is 3.88. The summed E-state index contributed by atoms with van der Waals surface area (Å²) < 4.78 is 0. The lowest BCUT2D eigenvalue weighted by atomic mass is 9.78. The summed E-state index contributed by atoms with van der Waals surface area (Å²) in [6.07, 6.45) is 6.43. The van der Waals surface area contributed by atoms with Gasteiger partial charge >= 0.3 is 0 Å². The topological polar surface area (TPSA) is 20.3 Å². The van der Waals surface area contributed by atoms with Crippen molar-refractivity contribution in [2.45, 2.75) is 59.9 Å². The molecule has 0 bridgehead atoms. The summed E-state index contributed by atoms with van der Waals surface area (Å²) in [6, 6.07) is 0.338. The van der Waals surface area contributed by atoms with Crippen molar-refractivity contribution >= 4 is 5.91 Å². The van der Waals surface area contributed by atoms with Crippen molar-refractivity contribution in [3.8, 4) is 0 Å². The summed E-state index contributed by atoms with van der Waals surface area (Å²) in [7, 11) is 0. The van der Waals surface area contributed by atoms with Gasteiger partial charge in [0.2, 0.25) is 5.91 Å². The molecular weight excluding hydrogens is 234 g/mol. The smallest absolute Gasteiger partial charge is 0.219 e. The van der Waals surface area contributed by atoms with Crippen molar-refractivity contribution in [3.05, 3.63) is 11.6 Å². The van der Waals surface area contributed by atoms with E-state index in [4.69, 9.17) is 0 Å². The number of allylic oxidation sites excluding steroid dienone is 2. The maximum Gasteiger partial charge on any atom is 0.219 e. The van der Waals surface area contributed by atoms with Gasteiger partial charge in [-0.05, 0) is 63.7 Å². The minimum Gasteiger partial charge on any atom is -0.340 e. The second-order valence-electron chi connectivity index (χ2n) is 7.00. The van der Waals surface area contributed by atoms with E-state index in [0.29, 0.717) is 6.04 Å². The molecule has 0 heterocycles. The van der Waals surface area contributed by atoms with E-state index < -0.39 is 0 Å². The Balaban J connectivity index is 1.89. The Kier molecular flexibility index (Phi) is 4.37. The minimum atomic E-state index is 0.230. The van der Waals surface area contributed by atoms with E-state index in [9.17, 15) is 4.79 Å².